The van der Waals surface area contributed by atoms with Crippen LogP contribution in [0.15, 0.2) is 18.3 Å². The van der Waals surface area contributed by atoms with Crippen LogP contribution in [0.2, 0.25) is 0 Å². The van der Waals surface area contributed by atoms with Gasteiger partial charge in [0.2, 0.25) is 5.88 Å². The number of hydrogen-bond donors (Lipinski definition) is 2. The lowest BCUT2D eigenvalue weighted by molar-refractivity contribution is 0.144. The first-order valence-corrected chi connectivity index (χ1v) is 9.14. The number of hydrogen-bond acceptors (Lipinski definition) is 6. The molecule has 1 aliphatic rings. The van der Waals surface area contributed by atoms with E-state index < -0.39 is 9.84 Å². The quantitative estimate of drug-likeness (QED) is 0.705. The Morgan fingerprint density at radius 1 is 1.39 bits per heavy atom. The van der Waals surface area contributed by atoms with Gasteiger partial charge in [0.1, 0.15) is 6.61 Å². The summed E-state index contributed by atoms with van der Waals surface area (Å²) in [6.07, 6.45) is 2.08. The summed E-state index contributed by atoms with van der Waals surface area (Å²) in [5.41, 5.74) is 0.528. The van der Waals surface area contributed by atoms with Crippen molar-refractivity contribution in [1.29, 1.82) is 0 Å². The van der Waals surface area contributed by atoms with Crippen LogP contribution >= 0.6 is 0 Å². The van der Waals surface area contributed by atoms with Gasteiger partial charge in [0.25, 0.3) is 0 Å². The molecule has 1 aromatic rings. The number of carbonyl (C=O) groups excluding carboxylic acids is 1. The fraction of sp³-hybridized carbons (Fsp3) is 0.571. The summed E-state index contributed by atoms with van der Waals surface area (Å²) in [5, 5.41) is 5.32. The highest BCUT2D eigenvalue weighted by molar-refractivity contribution is 7.91. The van der Waals surface area contributed by atoms with Crippen LogP contribution in [0, 0.1) is 5.92 Å². The number of ether oxygens (including phenoxy) is 2. The van der Waals surface area contributed by atoms with E-state index in [4.69, 9.17) is 9.47 Å². The van der Waals surface area contributed by atoms with E-state index >= 15 is 0 Å². The number of sulfone groups is 1. The Hall–Kier alpha value is -1.87. The van der Waals surface area contributed by atoms with Crippen molar-refractivity contribution in [2.75, 3.05) is 43.7 Å². The highest BCUT2D eigenvalue weighted by Gasteiger charge is 2.27. The summed E-state index contributed by atoms with van der Waals surface area (Å²) in [5.74, 6) is 0.780. The van der Waals surface area contributed by atoms with Crippen LogP contribution in [0.1, 0.15) is 6.42 Å². The number of amides is 2. The molecule has 0 aliphatic carbocycles. The van der Waals surface area contributed by atoms with E-state index in [1.54, 1.807) is 19.2 Å². The molecule has 0 aromatic carbocycles. The van der Waals surface area contributed by atoms with Crippen molar-refractivity contribution in [1.82, 2.24) is 10.3 Å². The van der Waals surface area contributed by atoms with Gasteiger partial charge in [-0.1, -0.05) is 0 Å². The molecule has 2 heterocycles. The molecule has 128 valence electrons. The predicted octanol–water partition coefficient (Wildman–Crippen LogP) is 0.663. The summed E-state index contributed by atoms with van der Waals surface area (Å²) in [4.78, 5) is 15.8. The third kappa shape index (κ3) is 6.03. The molecular weight excluding hydrogens is 322 g/mol. The molecule has 9 heteroatoms. The van der Waals surface area contributed by atoms with E-state index in [1.807, 2.05) is 0 Å². The highest BCUT2D eigenvalue weighted by Crippen LogP contribution is 2.17. The maximum atomic E-state index is 11.8. The monoisotopic (exact) mass is 343 g/mol. The molecule has 0 bridgehead atoms. The van der Waals surface area contributed by atoms with Gasteiger partial charge in [-0.3, -0.25) is 0 Å². The third-order valence-electron chi connectivity index (χ3n) is 3.41. The van der Waals surface area contributed by atoms with Gasteiger partial charge in [0.15, 0.2) is 9.84 Å². The van der Waals surface area contributed by atoms with Crippen LogP contribution in [0.3, 0.4) is 0 Å². The summed E-state index contributed by atoms with van der Waals surface area (Å²) in [6.45, 7) is 1.22. The summed E-state index contributed by atoms with van der Waals surface area (Å²) in [6, 6.07) is 2.94. The first kappa shape index (κ1) is 17.5. The smallest absolute Gasteiger partial charge is 0.319 e. The lowest BCUT2D eigenvalue weighted by atomic mass is 10.1. The molecule has 0 radical (unpaired) electrons. The van der Waals surface area contributed by atoms with Gasteiger partial charge >= 0.3 is 6.03 Å². The van der Waals surface area contributed by atoms with Crippen molar-refractivity contribution in [3.8, 4) is 5.88 Å². The predicted molar refractivity (Wildman–Crippen MR) is 85.4 cm³/mol. The lowest BCUT2D eigenvalue weighted by Crippen LogP contribution is -2.33. The van der Waals surface area contributed by atoms with Gasteiger partial charge in [-0.2, -0.15) is 0 Å². The Balaban J connectivity index is 1.72. The van der Waals surface area contributed by atoms with E-state index in [0.717, 1.165) is 0 Å². The second-order valence-corrected chi connectivity index (χ2v) is 7.56. The SMILES string of the molecule is COCCOc1ccc(NC(=O)NCC2CCS(=O)(=O)C2)cn1. The van der Waals surface area contributed by atoms with Gasteiger partial charge in [-0.05, 0) is 18.4 Å². The topological polar surface area (TPSA) is 107 Å². The summed E-state index contributed by atoms with van der Waals surface area (Å²) < 4.78 is 32.9. The number of urea groups is 1. The lowest BCUT2D eigenvalue weighted by Gasteiger charge is -2.11. The van der Waals surface area contributed by atoms with E-state index in [2.05, 4.69) is 15.6 Å². The Bertz CT molecular complexity index is 618. The zero-order valence-corrected chi connectivity index (χ0v) is 13.8. The van der Waals surface area contributed by atoms with E-state index in [-0.39, 0.29) is 23.5 Å². The highest BCUT2D eigenvalue weighted by atomic mass is 32.2. The second kappa shape index (κ2) is 8.11. The molecule has 1 atom stereocenters. The zero-order valence-electron chi connectivity index (χ0n) is 12.9. The van der Waals surface area contributed by atoms with Gasteiger partial charge < -0.3 is 20.1 Å². The number of pyridine rings is 1. The molecule has 1 aromatic heterocycles. The Morgan fingerprint density at radius 2 is 2.22 bits per heavy atom. The molecule has 1 aliphatic heterocycles. The molecule has 2 rings (SSSR count). The first-order chi connectivity index (χ1) is 11.0. The zero-order chi connectivity index (χ0) is 16.7. The van der Waals surface area contributed by atoms with Crippen molar-refractivity contribution < 1.29 is 22.7 Å². The minimum atomic E-state index is -2.92. The van der Waals surface area contributed by atoms with Crippen LogP contribution in [0.4, 0.5) is 10.5 Å². The van der Waals surface area contributed by atoms with Crippen molar-refractivity contribution >= 4 is 21.6 Å². The maximum absolute atomic E-state index is 11.8. The van der Waals surface area contributed by atoms with Crippen molar-refractivity contribution in [2.45, 2.75) is 6.42 Å². The average molecular weight is 343 g/mol. The number of nitrogens with zero attached hydrogens (tertiary/aromatic N) is 1. The molecule has 0 saturated carbocycles. The van der Waals surface area contributed by atoms with Gasteiger partial charge in [0.05, 0.1) is 30.0 Å². The van der Waals surface area contributed by atoms with Crippen molar-refractivity contribution in [3.05, 3.63) is 18.3 Å². The van der Waals surface area contributed by atoms with E-state index in [0.29, 0.717) is 37.7 Å². The second-order valence-electron chi connectivity index (χ2n) is 5.33. The number of carbonyl (C=O) groups is 1. The number of rotatable bonds is 7. The van der Waals surface area contributed by atoms with E-state index in [1.165, 1.54) is 6.20 Å². The molecular formula is C14H21N3O5S. The number of methoxy groups -OCH3 is 1. The molecule has 8 nitrogen and oxygen atoms in total. The molecule has 2 N–H and O–H groups in total. The first-order valence-electron chi connectivity index (χ1n) is 7.31. The largest absolute Gasteiger partial charge is 0.475 e. The van der Waals surface area contributed by atoms with Crippen LogP contribution in [0.25, 0.3) is 0 Å². The number of nitrogens with one attached hydrogen (secondary N) is 2. The van der Waals surface area contributed by atoms with Crippen LogP contribution in [0.5, 0.6) is 5.88 Å². The van der Waals surface area contributed by atoms with Gasteiger partial charge in [0, 0.05) is 19.7 Å². The number of aromatic nitrogens is 1. The molecule has 2 amide bonds. The molecule has 23 heavy (non-hydrogen) atoms. The summed E-state index contributed by atoms with van der Waals surface area (Å²) >= 11 is 0. The third-order valence-corrected chi connectivity index (χ3v) is 5.25. The number of anilines is 1. The minimum Gasteiger partial charge on any atom is -0.475 e. The van der Waals surface area contributed by atoms with Crippen LogP contribution in [-0.4, -0.2) is 57.8 Å². The fourth-order valence-corrected chi connectivity index (χ4v) is 4.08. The Morgan fingerprint density at radius 3 is 2.83 bits per heavy atom. The Labute approximate surface area is 135 Å². The van der Waals surface area contributed by atoms with Crippen molar-refractivity contribution in [3.63, 3.8) is 0 Å². The normalized spacial score (nSPS) is 19.3. The molecule has 0 spiro atoms. The van der Waals surface area contributed by atoms with Gasteiger partial charge in [-0.15, -0.1) is 0 Å². The molecule has 1 saturated heterocycles. The van der Waals surface area contributed by atoms with E-state index in [9.17, 15) is 13.2 Å². The maximum Gasteiger partial charge on any atom is 0.319 e. The average Bonchev–Trinajstić information content (AvgIpc) is 2.87. The standard InChI is InChI=1S/C14H21N3O5S/c1-21-5-6-22-13-3-2-12(9-15-13)17-14(18)16-8-11-4-7-23(19,20)10-11/h2-3,9,11H,4-8,10H2,1H3,(H2,16,17,18). The Kier molecular flexibility index (Phi) is 6.17. The molecule has 1 unspecified atom stereocenters. The molecule has 1 fully saturated rings. The van der Waals surface area contributed by atoms with Crippen molar-refractivity contribution in [2.24, 2.45) is 5.92 Å². The van der Waals surface area contributed by atoms with Gasteiger partial charge in [-0.25, -0.2) is 18.2 Å². The summed E-state index contributed by atoms with van der Waals surface area (Å²) in [7, 11) is -1.33. The van der Waals surface area contributed by atoms with Crippen LogP contribution < -0.4 is 15.4 Å². The fourth-order valence-electron chi connectivity index (χ4n) is 2.21. The van der Waals surface area contributed by atoms with Crippen LogP contribution in [-0.2, 0) is 14.6 Å². The minimum absolute atomic E-state index is 0.0135.